The zero-order valence-corrected chi connectivity index (χ0v) is 10.6. The molecule has 0 spiro atoms. The van der Waals surface area contributed by atoms with Crippen LogP contribution in [0.25, 0.3) is 0 Å². The van der Waals surface area contributed by atoms with Crippen LogP contribution in [0.5, 0.6) is 0 Å². The van der Waals surface area contributed by atoms with Crippen LogP contribution in [0.3, 0.4) is 0 Å². The summed E-state index contributed by atoms with van der Waals surface area (Å²) in [6.07, 6.45) is 6.65. The van der Waals surface area contributed by atoms with Gasteiger partial charge in [0.1, 0.15) is 0 Å². The molecule has 0 aliphatic heterocycles. The van der Waals surface area contributed by atoms with E-state index in [2.05, 4.69) is 26.1 Å². The summed E-state index contributed by atoms with van der Waals surface area (Å²) in [5, 5.41) is 3.57. The quantitative estimate of drug-likeness (QED) is 0.656. The summed E-state index contributed by atoms with van der Waals surface area (Å²) in [5.41, 5.74) is 0.573. The number of hydrogen-bond donors (Lipinski definition) is 1. The highest BCUT2D eigenvalue weighted by atomic mass is 16.5. The van der Waals surface area contributed by atoms with Crippen molar-refractivity contribution in [1.82, 2.24) is 5.32 Å². The first-order valence-corrected chi connectivity index (χ1v) is 6.51. The van der Waals surface area contributed by atoms with E-state index >= 15 is 0 Å². The zero-order valence-electron chi connectivity index (χ0n) is 10.6. The molecule has 1 aliphatic carbocycles. The van der Waals surface area contributed by atoms with E-state index in [4.69, 9.17) is 4.74 Å². The number of ether oxygens (including phenoxy) is 1. The molecule has 0 radical (unpaired) electrons. The first-order valence-electron chi connectivity index (χ1n) is 6.51. The Balaban J connectivity index is 2.17. The number of rotatable bonds is 7. The van der Waals surface area contributed by atoms with Crippen LogP contribution in [-0.2, 0) is 4.74 Å². The van der Waals surface area contributed by atoms with Gasteiger partial charge in [-0.3, -0.25) is 0 Å². The smallest absolute Gasteiger partial charge is 0.0466 e. The maximum atomic E-state index is 5.40. The monoisotopic (exact) mass is 213 g/mol. The third-order valence-corrected chi connectivity index (χ3v) is 3.60. The molecular weight excluding hydrogens is 186 g/mol. The van der Waals surface area contributed by atoms with Gasteiger partial charge in [0.05, 0.1) is 0 Å². The lowest BCUT2D eigenvalue weighted by molar-refractivity contribution is 0.130. The third kappa shape index (κ3) is 4.52. The lowest BCUT2D eigenvalue weighted by Crippen LogP contribution is -2.27. The lowest BCUT2D eigenvalue weighted by Gasteiger charge is -2.24. The van der Waals surface area contributed by atoms with Gasteiger partial charge in [0.25, 0.3) is 0 Å². The van der Waals surface area contributed by atoms with Gasteiger partial charge in [-0.05, 0) is 51.0 Å². The third-order valence-electron chi connectivity index (χ3n) is 3.60. The van der Waals surface area contributed by atoms with Gasteiger partial charge in [-0.25, -0.2) is 0 Å². The van der Waals surface area contributed by atoms with Crippen molar-refractivity contribution in [3.63, 3.8) is 0 Å². The van der Waals surface area contributed by atoms with Crippen molar-refractivity contribution in [2.24, 2.45) is 5.41 Å². The first-order chi connectivity index (χ1) is 7.20. The van der Waals surface area contributed by atoms with Gasteiger partial charge in [0.2, 0.25) is 0 Å². The van der Waals surface area contributed by atoms with Crippen molar-refractivity contribution in [3.8, 4) is 0 Å². The second kappa shape index (κ2) is 6.49. The molecule has 0 amide bonds. The van der Waals surface area contributed by atoms with Gasteiger partial charge < -0.3 is 10.1 Å². The summed E-state index contributed by atoms with van der Waals surface area (Å²) in [4.78, 5) is 0. The fourth-order valence-electron chi connectivity index (χ4n) is 2.76. The van der Waals surface area contributed by atoms with E-state index in [0.717, 1.165) is 25.8 Å². The molecule has 0 bridgehead atoms. The Morgan fingerprint density at radius 3 is 2.87 bits per heavy atom. The van der Waals surface area contributed by atoms with Crippen LogP contribution in [-0.4, -0.2) is 25.8 Å². The molecule has 2 heteroatoms. The zero-order chi connectivity index (χ0) is 11.1. The molecule has 1 fully saturated rings. The Morgan fingerprint density at radius 2 is 2.20 bits per heavy atom. The maximum Gasteiger partial charge on any atom is 0.0466 e. The minimum atomic E-state index is 0.573. The summed E-state index contributed by atoms with van der Waals surface area (Å²) in [6, 6.07) is 0.770. The van der Waals surface area contributed by atoms with Gasteiger partial charge in [-0.1, -0.05) is 13.8 Å². The number of hydrogen-bond acceptors (Lipinski definition) is 2. The van der Waals surface area contributed by atoms with E-state index < -0.39 is 0 Å². The predicted octanol–water partition coefficient (Wildman–Crippen LogP) is 2.97. The fourth-order valence-corrected chi connectivity index (χ4v) is 2.76. The summed E-state index contributed by atoms with van der Waals surface area (Å²) in [7, 11) is 0. The molecule has 0 aromatic rings. The van der Waals surface area contributed by atoms with Crippen LogP contribution in [0.1, 0.15) is 52.9 Å². The highest BCUT2D eigenvalue weighted by Gasteiger charge is 2.33. The van der Waals surface area contributed by atoms with Crippen LogP contribution in [0.15, 0.2) is 0 Å². The SMILES string of the molecule is CCNC1CCC(C)(CCCOCC)C1. The molecule has 0 aromatic heterocycles. The standard InChI is InChI=1S/C13H27NO/c1-4-14-12-7-9-13(3,11-12)8-6-10-15-5-2/h12,14H,4-11H2,1-3H3. The molecule has 0 saturated heterocycles. The van der Waals surface area contributed by atoms with Crippen LogP contribution < -0.4 is 5.32 Å². The van der Waals surface area contributed by atoms with Crippen LogP contribution in [0.4, 0.5) is 0 Å². The van der Waals surface area contributed by atoms with Gasteiger partial charge in [0, 0.05) is 19.3 Å². The van der Waals surface area contributed by atoms with Crippen molar-refractivity contribution in [2.45, 2.75) is 58.9 Å². The Labute approximate surface area is 94.8 Å². The highest BCUT2D eigenvalue weighted by Crippen LogP contribution is 2.41. The second-order valence-corrected chi connectivity index (χ2v) is 5.11. The molecule has 1 saturated carbocycles. The second-order valence-electron chi connectivity index (χ2n) is 5.11. The van der Waals surface area contributed by atoms with Crippen molar-refractivity contribution >= 4 is 0 Å². The van der Waals surface area contributed by atoms with Gasteiger partial charge >= 0.3 is 0 Å². The van der Waals surface area contributed by atoms with Crippen LogP contribution in [0.2, 0.25) is 0 Å². The molecule has 15 heavy (non-hydrogen) atoms. The first kappa shape index (κ1) is 13.0. The molecular formula is C13H27NO. The average molecular weight is 213 g/mol. The maximum absolute atomic E-state index is 5.40. The molecule has 2 nitrogen and oxygen atoms in total. The average Bonchev–Trinajstić information content (AvgIpc) is 2.57. The summed E-state index contributed by atoms with van der Waals surface area (Å²) >= 11 is 0. The normalized spacial score (nSPS) is 31.0. The van der Waals surface area contributed by atoms with Gasteiger partial charge in [0.15, 0.2) is 0 Å². The van der Waals surface area contributed by atoms with Crippen LogP contribution in [0, 0.1) is 5.41 Å². The minimum absolute atomic E-state index is 0.573. The topological polar surface area (TPSA) is 21.3 Å². The Bertz CT molecular complexity index is 172. The predicted molar refractivity (Wildman–Crippen MR) is 65.1 cm³/mol. The van der Waals surface area contributed by atoms with E-state index in [1.54, 1.807) is 0 Å². The summed E-state index contributed by atoms with van der Waals surface area (Å²) in [6.45, 7) is 9.62. The van der Waals surface area contributed by atoms with E-state index in [0.29, 0.717) is 5.41 Å². The molecule has 2 atom stereocenters. The van der Waals surface area contributed by atoms with Crippen molar-refractivity contribution in [2.75, 3.05) is 19.8 Å². The fraction of sp³-hybridized carbons (Fsp3) is 1.00. The Hall–Kier alpha value is -0.0800. The van der Waals surface area contributed by atoms with E-state index in [9.17, 15) is 0 Å². The van der Waals surface area contributed by atoms with Crippen LogP contribution >= 0.6 is 0 Å². The summed E-state index contributed by atoms with van der Waals surface area (Å²) < 4.78 is 5.40. The Morgan fingerprint density at radius 1 is 1.40 bits per heavy atom. The molecule has 1 aliphatic rings. The van der Waals surface area contributed by atoms with Crippen molar-refractivity contribution in [3.05, 3.63) is 0 Å². The minimum Gasteiger partial charge on any atom is -0.382 e. The highest BCUT2D eigenvalue weighted by molar-refractivity contribution is 4.88. The lowest BCUT2D eigenvalue weighted by atomic mass is 9.84. The van der Waals surface area contributed by atoms with Gasteiger partial charge in [-0.2, -0.15) is 0 Å². The molecule has 0 heterocycles. The van der Waals surface area contributed by atoms with E-state index in [1.807, 2.05) is 0 Å². The van der Waals surface area contributed by atoms with E-state index in [1.165, 1.54) is 32.1 Å². The molecule has 90 valence electrons. The van der Waals surface area contributed by atoms with Crippen molar-refractivity contribution < 1.29 is 4.74 Å². The van der Waals surface area contributed by atoms with Crippen molar-refractivity contribution in [1.29, 1.82) is 0 Å². The van der Waals surface area contributed by atoms with E-state index in [-0.39, 0.29) is 0 Å². The Kier molecular flexibility index (Phi) is 5.62. The van der Waals surface area contributed by atoms with Gasteiger partial charge in [-0.15, -0.1) is 0 Å². The molecule has 1 N–H and O–H groups in total. The largest absolute Gasteiger partial charge is 0.382 e. The molecule has 0 aromatic carbocycles. The molecule has 1 rings (SSSR count). The number of nitrogens with one attached hydrogen (secondary N) is 1. The summed E-state index contributed by atoms with van der Waals surface area (Å²) in [5.74, 6) is 0. The molecule has 2 unspecified atom stereocenters.